The molecule has 0 aromatic carbocycles. The number of carbonyl (C=O) groups is 2. The molecule has 0 radical (unpaired) electrons. The summed E-state index contributed by atoms with van der Waals surface area (Å²) in [5, 5.41) is 16.7. The molecule has 1 atom stereocenters. The number of nitrogens with zero attached hydrogens (tertiary/aromatic N) is 4. The van der Waals surface area contributed by atoms with Gasteiger partial charge in [0.15, 0.2) is 0 Å². The highest BCUT2D eigenvalue weighted by Gasteiger charge is 2.37. The first kappa shape index (κ1) is 18.5. The second-order valence-corrected chi connectivity index (χ2v) is 7.23. The van der Waals surface area contributed by atoms with Gasteiger partial charge in [0.2, 0.25) is 17.6 Å². The van der Waals surface area contributed by atoms with Crippen LogP contribution in [0.4, 0.5) is 0 Å². The van der Waals surface area contributed by atoms with Gasteiger partial charge in [-0.15, -0.1) is 10.2 Å². The van der Waals surface area contributed by atoms with Crippen LogP contribution in [0.2, 0.25) is 0 Å². The molecule has 1 unspecified atom stereocenters. The van der Waals surface area contributed by atoms with E-state index in [2.05, 4.69) is 10.2 Å². The minimum absolute atomic E-state index is 0.0102. The molecule has 1 aliphatic rings. The van der Waals surface area contributed by atoms with Gasteiger partial charge in [-0.1, -0.05) is 20.8 Å². The van der Waals surface area contributed by atoms with Crippen molar-refractivity contribution >= 4 is 11.7 Å². The quantitative estimate of drug-likeness (QED) is 0.752. The molecule has 24 heavy (non-hydrogen) atoms. The van der Waals surface area contributed by atoms with Crippen molar-refractivity contribution in [2.75, 3.05) is 33.3 Å². The Morgan fingerprint density at radius 1 is 1.38 bits per heavy atom. The first-order chi connectivity index (χ1) is 11.2. The normalized spacial score (nSPS) is 18.4. The molecule has 1 N–H and O–H groups in total. The first-order valence-corrected chi connectivity index (χ1v) is 8.21. The van der Waals surface area contributed by atoms with Crippen LogP contribution in [-0.2, 0) is 10.2 Å². The summed E-state index contributed by atoms with van der Waals surface area (Å²) in [6.07, 6.45) is 1.37. The van der Waals surface area contributed by atoms with Gasteiger partial charge >= 0.3 is 0 Å². The van der Waals surface area contributed by atoms with Crippen molar-refractivity contribution in [2.24, 2.45) is 0 Å². The molecule has 2 heterocycles. The van der Waals surface area contributed by atoms with E-state index in [9.17, 15) is 9.59 Å². The number of ketones is 1. The van der Waals surface area contributed by atoms with Crippen molar-refractivity contribution in [3.05, 3.63) is 11.8 Å². The first-order valence-electron chi connectivity index (χ1n) is 8.21. The number of hydrogen-bond donors (Lipinski definition) is 1. The minimum atomic E-state index is -0.548. The number of aliphatic hydroxyl groups excluding tert-OH is 1. The zero-order valence-corrected chi connectivity index (χ0v) is 14.8. The zero-order valence-electron chi connectivity index (χ0n) is 14.8. The predicted octanol–water partition coefficient (Wildman–Crippen LogP) is 0.465. The van der Waals surface area contributed by atoms with E-state index >= 15 is 0 Å². The van der Waals surface area contributed by atoms with Crippen LogP contribution in [0, 0.1) is 0 Å². The zero-order chi connectivity index (χ0) is 17.9. The van der Waals surface area contributed by atoms with Gasteiger partial charge in [0.05, 0.1) is 13.2 Å². The maximum Gasteiger partial charge on any atom is 0.286 e. The molecular formula is C16H26N4O4. The molecular weight excluding hydrogens is 312 g/mol. The largest absolute Gasteiger partial charge is 0.418 e. The summed E-state index contributed by atoms with van der Waals surface area (Å²) in [4.78, 5) is 28.4. The van der Waals surface area contributed by atoms with Gasteiger partial charge in [-0.05, 0) is 19.9 Å². The third kappa shape index (κ3) is 4.18. The van der Waals surface area contributed by atoms with Gasteiger partial charge in [0, 0.05) is 18.5 Å². The van der Waals surface area contributed by atoms with Crippen LogP contribution in [0.5, 0.6) is 0 Å². The van der Waals surface area contributed by atoms with Gasteiger partial charge < -0.3 is 14.4 Å². The summed E-state index contributed by atoms with van der Waals surface area (Å²) in [7, 11) is 1.76. The lowest BCUT2D eigenvalue weighted by molar-refractivity contribution is -0.132. The average molecular weight is 338 g/mol. The van der Waals surface area contributed by atoms with Gasteiger partial charge in [0.1, 0.15) is 6.04 Å². The summed E-state index contributed by atoms with van der Waals surface area (Å²) < 4.78 is 5.52. The monoisotopic (exact) mass is 338 g/mol. The third-order valence-electron chi connectivity index (χ3n) is 4.04. The summed E-state index contributed by atoms with van der Waals surface area (Å²) in [5.74, 6) is -0.0521. The summed E-state index contributed by atoms with van der Waals surface area (Å²) >= 11 is 0. The molecule has 134 valence electrons. The standard InChI is InChI=1S/C16H26N4O4/c1-16(2,3)15-18-17-14(24-15)13(23)11-6-5-7-20(11)12(22)10-19(4)8-9-21/h11,21H,5-10H2,1-4H3. The fourth-order valence-electron chi connectivity index (χ4n) is 2.68. The molecule has 2 rings (SSSR count). The van der Waals surface area contributed by atoms with Crippen LogP contribution in [0.15, 0.2) is 4.42 Å². The predicted molar refractivity (Wildman–Crippen MR) is 86.6 cm³/mol. The number of hydrogen-bond acceptors (Lipinski definition) is 7. The van der Waals surface area contributed by atoms with E-state index in [4.69, 9.17) is 9.52 Å². The summed E-state index contributed by atoms with van der Waals surface area (Å²) in [6, 6.07) is -0.548. The van der Waals surface area contributed by atoms with E-state index in [1.54, 1.807) is 16.8 Å². The fourth-order valence-corrected chi connectivity index (χ4v) is 2.68. The Morgan fingerprint density at radius 2 is 2.08 bits per heavy atom. The van der Waals surface area contributed by atoms with Crippen LogP contribution in [0.3, 0.4) is 0 Å². The molecule has 8 heteroatoms. The number of carbonyl (C=O) groups excluding carboxylic acids is 2. The highest BCUT2D eigenvalue weighted by Crippen LogP contribution is 2.24. The fraction of sp³-hybridized carbons (Fsp3) is 0.750. The van der Waals surface area contributed by atoms with Crippen LogP contribution in [0.1, 0.15) is 50.2 Å². The lowest BCUT2D eigenvalue weighted by Crippen LogP contribution is -2.45. The SMILES string of the molecule is CN(CCO)CC(=O)N1CCCC1C(=O)c1nnc(C(C)(C)C)o1. The number of aromatic nitrogens is 2. The lowest BCUT2D eigenvalue weighted by atomic mass is 9.97. The smallest absolute Gasteiger partial charge is 0.286 e. The van der Waals surface area contributed by atoms with Crippen molar-refractivity contribution in [1.82, 2.24) is 20.0 Å². The Bertz CT molecular complexity index is 593. The Kier molecular flexibility index (Phi) is 5.71. The molecule has 1 fully saturated rings. The second kappa shape index (κ2) is 7.40. The molecule has 0 spiro atoms. The molecule has 1 saturated heterocycles. The number of aliphatic hydroxyl groups is 1. The van der Waals surface area contributed by atoms with Crippen LogP contribution in [-0.4, -0.2) is 76.1 Å². The number of amides is 1. The Labute approximate surface area is 141 Å². The van der Waals surface area contributed by atoms with Crippen LogP contribution >= 0.6 is 0 Å². The van der Waals surface area contributed by atoms with Crippen molar-refractivity contribution in [3.8, 4) is 0 Å². The highest BCUT2D eigenvalue weighted by molar-refractivity contribution is 5.98. The minimum Gasteiger partial charge on any atom is -0.418 e. The van der Waals surface area contributed by atoms with Crippen molar-refractivity contribution < 1.29 is 19.1 Å². The van der Waals surface area contributed by atoms with Crippen molar-refractivity contribution in [1.29, 1.82) is 0 Å². The molecule has 1 amide bonds. The van der Waals surface area contributed by atoms with E-state index in [0.717, 1.165) is 6.42 Å². The van der Waals surface area contributed by atoms with E-state index in [-0.39, 0.29) is 36.1 Å². The highest BCUT2D eigenvalue weighted by atomic mass is 16.4. The average Bonchev–Trinajstić information content (AvgIpc) is 3.15. The second-order valence-electron chi connectivity index (χ2n) is 7.23. The van der Waals surface area contributed by atoms with Crippen LogP contribution in [0.25, 0.3) is 0 Å². The number of rotatable bonds is 6. The maximum absolute atomic E-state index is 12.7. The Morgan fingerprint density at radius 3 is 2.67 bits per heavy atom. The summed E-state index contributed by atoms with van der Waals surface area (Å²) in [5.41, 5.74) is -0.330. The maximum atomic E-state index is 12.7. The molecule has 0 aliphatic carbocycles. The molecule has 1 aromatic heterocycles. The molecule has 8 nitrogen and oxygen atoms in total. The van der Waals surface area contributed by atoms with Gasteiger partial charge in [0.25, 0.3) is 5.89 Å². The topological polar surface area (TPSA) is 99.8 Å². The van der Waals surface area contributed by atoms with Crippen molar-refractivity contribution in [3.63, 3.8) is 0 Å². The van der Waals surface area contributed by atoms with E-state index in [1.807, 2.05) is 20.8 Å². The lowest BCUT2D eigenvalue weighted by Gasteiger charge is -2.25. The molecule has 0 saturated carbocycles. The number of Topliss-reactive ketones (excluding diaryl/α,β-unsaturated/α-hetero) is 1. The Balaban J connectivity index is 2.08. The molecule has 0 bridgehead atoms. The van der Waals surface area contributed by atoms with E-state index < -0.39 is 6.04 Å². The van der Waals surface area contributed by atoms with Gasteiger partial charge in [-0.25, -0.2) is 0 Å². The Hall–Kier alpha value is -1.80. The number of likely N-dealkylation sites (tertiary alicyclic amines) is 1. The molecule has 1 aliphatic heterocycles. The van der Waals surface area contributed by atoms with Crippen molar-refractivity contribution in [2.45, 2.75) is 45.1 Å². The van der Waals surface area contributed by atoms with E-state index in [1.165, 1.54) is 0 Å². The summed E-state index contributed by atoms with van der Waals surface area (Å²) in [6.45, 7) is 6.90. The van der Waals surface area contributed by atoms with Gasteiger partial charge in [-0.3, -0.25) is 14.5 Å². The van der Waals surface area contributed by atoms with E-state index in [0.29, 0.717) is 25.4 Å². The molecule has 1 aromatic rings. The van der Waals surface area contributed by atoms with Crippen LogP contribution < -0.4 is 0 Å². The third-order valence-corrected chi connectivity index (χ3v) is 4.04. The number of likely N-dealkylation sites (N-methyl/N-ethyl adjacent to an activating group) is 1. The van der Waals surface area contributed by atoms with Gasteiger partial charge in [-0.2, -0.15) is 0 Å².